The summed E-state index contributed by atoms with van der Waals surface area (Å²) in [6.45, 7) is 6.50. The van der Waals surface area contributed by atoms with Crippen molar-refractivity contribution in [2.24, 2.45) is 5.73 Å². The van der Waals surface area contributed by atoms with Gasteiger partial charge in [-0.05, 0) is 27.2 Å². The zero-order valence-corrected chi connectivity index (χ0v) is 9.95. The van der Waals surface area contributed by atoms with E-state index in [1.807, 2.05) is 20.8 Å². The Morgan fingerprint density at radius 2 is 2.06 bits per heavy atom. The van der Waals surface area contributed by atoms with E-state index in [-0.39, 0.29) is 12.1 Å². The molecule has 1 saturated heterocycles. The molecule has 1 fully saturated rings. The highest BCUT2D eigenvalue weighted by molar-refractivity contribution is 5.72. The third kappa shape index (κ3) is 3.96. The van der Waals surface area contributed by atoms with Gasteiger partial charge in [0.2, 0.25) is 0 Å². The Labute approximate surface area is 95.1 Å². The third-order valence-corrected chi connectivity index (χ3v) is 2.19. The molecule has 1 aliphatic rings. The number of nitrogens with two attached hydrogens (primary N) is 1. The Morgan fingerprint density at radius 1 is 1.44 bits per heavy atom. The van der Waals surface area contributed by atoms with Crippen LogP contribution >= 0.6 is 0 Å². The number of nitrogens with one attached hydrogen (secondary N) is 1. The zero-order valence-electron chi connectivity index (χ0n) is 9.95. The van der Waals surface area contributed by atoms with E-state index < -0.39 is 11.6 Å². The Morgan fingerprint density at radius 3 is 2.56 bits per heavy atom. The van der Waals surface area contributed by atoms with Crippen LogP contribution in [0, 0.1) is 0 Å². The molecule has 3 amide bonds. The number of carbonyl (C=O) groups excluding carboxylic acids is 2. The van der Waals surface area contributed by atoms with Crippen molar-refractivity contribution in [3.63, 3.8) is 0 Å². The Kier molecular flexibility index (Phi) is 3.62. The summed E-state index contributed by atoms with van der Waals surface area (Å²) in [5.41, 5.74) is 4.52. The molecule has 0 spiro atoms. The standard InChI is InChI=1S/C10H19N3O3/c1-10(2,3)16-9(15)13-5-4-7(6-13)12-8(11)14/h7H,4-6H2,1-3H3,(H3,11,12,14)/t7-/m0/s1. The van der Waals surface area contributed by atoms with Crippen LogP contribution in [0.5, 0.6) is 0 Å². The number of urea groups is 1. The van der Waals surface area contributed by atoms with Gasteiger partial charge < -0.3 is 20.7 Å². The smallest absolute Gasteiger partial charge is 0.410 e. The van der Waals surface area contributed by atoms with Gasteiger partial charge >= 0.3 is 12.1 Å². The predicted molar refractivity (Wildman–Crippen MR) is 58.9 cm³/mol. The summed E-state index contributed by atoms with van der Waals surface area (Å²) in [5.74, 6) is 0. The van der Waals surface area contributed by atoms with Crippen LogP contribution in [-0.4, -0.2) is 41.8 Å². The van der Waals surface area contributed by atoms with Crippen LogP contribution in [0.2, 0.25) is 0 Å². The molecule has 0 aromatic carbocycles. The molecule has 0 aromatic heterocycles. The predicted octanol–water partition coefficient (Wildman–Crippen LogP) is 0.664. The molecule has 6 nitrogen and oxygen atoms in total. The summed E-state index contributed by atoms with van der Waals surface area (Å²) in [4.78, 5) is 23.9. The van der Waals surface area contributed by atoms with Crippen molar-refractivity contribution in [1.82, 2.24) is 10.2 Å². The number of amides is 3. The largest absolute Gasteiger partial charge is 0.444 e. The van der Waals surface area contributed by atoms with Crippen molar-refractivity contribution in [1.29, 1.82) is 0 Å². The molecule has 92 valence electrons. The van der Waals surface area contributed by atoms with Gasteiger partial charge in [0.25, 0.3) is 0 Å². The van der Waals surface area contributed by atoms with Crippen LogP contribution < -0.4 is 11.1 Å². The second-order valence-corrected chi connectivity index (χ2v) is 4.92. The van der Waals surface area contributed by atoms with Gasteiger partial charge in [-0.1, -0.05) is 0 Å². The average Bonchev–Trinajstić information content (AvgIpc) is 2.48. The molecule has 0 aromatic rings. The topological polar surface area (TPSA) is 84.7 Å². The van der Waals surface area contributed by atoms with Crippen molar-refractivity contribution in [3.05, 3.63) is 0 Å². The Hall–Kier alpha value is -1.46. The van der Waals surface area contributed by atoms with Gasteiger partial charge in [0.15, 0.2) is 0 Å². The lowest BCUT2D eigenvalue weighted by Crippen LogP contribution is -2.42. The number of carbonyl (C=O) groups is 2. The van der Waals surface area contributed by atoms with Gasteiger partial charge in [-0.25, -0.2) is 9.59 Å². The van der Waals surface area contributed by atoms with Crippen molar-refractivity contribution < 1.29 is 14.3 Å². The molecule has 0 aliphatic carbocycles. The number of rotatable bonds is 1. The first-order valence-electron chi connectivity index (χ1n) is 5.32. The fourth-order valence-electron chi connectivity index (χ4n) is 1.57. The van der Waals surface area contributed by atoms with E-state index in [4.69, 9.17) is 10.5 Å². The Balaban J connectivity index is 2.41. The van der Waals surface area contributed by atoms with Crippen LogP contribution in [0.3, 0.4) is 0 Å². The van der Waals surface area contributed by atoms with Gasteiger partial charge in [0.1, 0.15) is 5.60 Å². The van der Waals surface area contributed by atoms with Crippen LogP contribution in [0.4, 0.5) is 9.59 Å². The van der Waals surface area contributed by atoms with Crippen molar-refractivity contribution in [3.8, 4) is 0 Å². The van der Waals surface area contributed by atoms with E-state index in [2.05, 4.69) is 5.32 Å². The van der Waals surface area contributed by atoms with E-state index in [0.717, 1.165) is 0 Å². The maximum absolute atomic E-state index is 11.7. The first-order valence-corrected chi connectivity index (χ1v) is 5.32. The van der Waals surface area contributed by atoms with Crippen molar-refractivity contribution in [2.75, 3.05) is 13.1 Å². The fraction of sp³-hybridized carbons (Fsp3) is 0.800. The summed E-state index contributed by atoms with van der Waals surface area (Å²) in [5, 5.41) is 2.58. The van der Waals surface area contributed by atoms with Gasteiger partial charge in [-0.2, -0.15) is 0 Å². The average molecular weight is 229 g/mol. The molecule has 1 atom stereocenters. The van der Waals surface area contributed by atoms with Crippen LogP contribution in [0.25, 0.3) is 0 Å². The molecule has 0 bridgehead atoms. The molecule has 0 radical (unpaired) electrons. The summed E-state index contributed by atoms with van der Waals surface area (Å²) >= 11 is 0. The summed E-state index contributed by atoms with van der Waals surface area (Å²) < 4.78 is 5.22. The maximum atomic E-state index is 11.7. The fourth-order valence-corrected chi connectivity index (χ4v) is 1.57. The number of likely N-dealkylation sites (tertiary alicyclic amines) is 1. The number of primary amides is 1. The summed E-state index contributed by atoms with van der Waals surface area (Å²) in [7, 11) is 0. The van der Waals surface area contributed by atoms with Gasteiger partial charge in [0.05, 0.1) is 0 Å². The van der Waals surface area contributed by atoms with Crippen LogP contribution in [-0.2, 0) is 4.74 Å². The second-order valence-electron chi connectivity index (χ2n) is 4.92. The van der Waals surface area contributed by atoms with Gasteiger partial charge in [-0.3, -0.25) is 0 Å². The number of hydrogen-bond acceptors (Lipinski definition) is 3. The van der Waals surface area contributed by atoms with Crippen molar-refractivity contribution >= 4 is 12.1 Å². The van der Waals surface area contributed by atoms with Crippen molar-refractivity contribution in [2.45, 2.75) is 38.8 Å². The molecule has 0 saturated carbocycles. The monoisotopic (exact) mass is 229 g/mol. The third-order valence-electron chi connectivity index (χ3n) is 2.19. The number of hydrogen-bond donors (Lipinski definition) is 2. The molecule has 16 heavy (non-hydrogen) atoms. The van der Waals surface area contributed by atoms with E-state index in [1.165, 1.54) is 0 Å². The Bertz CT molecular complexity index is 286. The second kappa shape index (κ2) is 4.59. The number of nitrogens with zero attached hydrogens (tertiary/aromatic N) is 1. The SMILES string of the molecule is CC(C)(C)OC(=O)N1CC[C@H](NC(N)=O)C1. The molecule has 6 heteroatoms. The summed E-state index contributed by atoms with van der Waals surface area (Å²) in [6, 6.07) is -0.624. The first kappa shape index (κ1) is 12.6. The molecule has 1 heterocycles. The van der Waals surface area contributed by atoms with E-state index >= 15 is 0 Å². The minimum atomic E-state index is -0.559. The highest BCUT2D eigenvalue weighted by atomic mass is 16.6. The highest BCUT2D eigenvalue weighted by Gasteiger charge is 2.29. The molecular weight excluding hydrogens is 210 g/mol. The molecule has 1 rings (SSSR count). The van der Waals surface area contributed by atoms with E-state index in [9.17, 15) is 9.59 Å². The van der Waals surface area contributed by atoms with Crippen LogP contribution in [0.15, 0.2) is 0 Å². The lowest BCUT2D eigenvalue weighted by Gasteiger charge is -2.24. The van der Waals surface area contributed by atoms with Gasteiger partial charge in [0, 0.05) is 19.1 Å². The highest BCUT2D eigenvalue weighted by Crippen LogP contribution is 2.15. The lowest BCUT2D eigenvalue weighted by molar-refractivity contribution is 0.0291. The van der Waals surface area contributed by atoms with E-state index in [1.54, 1.807) is 4.90 Å². The minimum absolute atomic E-state index is 0.0648. The molecule has 3 N–H and O–H groups in total. The zero-order chi connectivity index (χ0) is 12.3. The molecule has 0 unspecified atom stereocenters. The minimum Gasteiger partial charge on any atom is -0.444 e. The lowest BCUT2D eigenvalue weighted by atomic mass is 10.2. The first-order chi connectivity index (χ1) is 7.28. The molecule has 1 aliphatic heterocycles. The number of ether oxygens (including phenoxy) is 1. The van der Waals surface area contributed by atoms with E-state index in [0.29, 0.717) is 19.5 Å². The van der Waals surface area contributed by atoms with Gasteiger partial charge in [-0.15, -0.1) is 0 Å². The molecular formula is C10H19N3O3. The quantitative estimate of drug-likeness (QED) is 0.692. The van der Waals surface area contributed by atoms with Crippen LogP contribution in [0.1, 0.15) is 27.2 Å². The maximum Gasteiger partial charge on any atom is 0.410 e. The summed E-state index contributed by atoms with van der Waals surface area (Å²) in [6.07, 6.45) is 0.364. The normalized spacial score (nSPS) is 20.7.